The van der Waals surface area contributed by atoms with Crippen LogP contribution in [0.15, 0.2) is 30.3 Å². The van der Waals surface area contributed by atoms with Gasteiger partial charge in [-0.3, -0.25) is 4.79 Å². The molecule has 3 nitrogen and oxygen atoms in total. The number of benzene rings is 1. The lowest BCUT2D eigenvalue weighted by Crippen LogP contribution is -2.07. The van der Waals surface area contributed by atoms with Gasteiger partial charge in [-0.15, -0.1) is 0 Å². The van der Waals surface area contributed by atoms with Gasteiger partial charge in [-0.05, 0) is 17.7 Å². The van der Waals surface area contributed by atoms with Gasteiger partial charge in [-0.1, -0.05) is 24.3 Å². The van der Waals surface area contributed by atoms with Crippen LogP contribution < -0.4 is 5.73 Å². The maximum absolute atomic E-state index is 10.4. The minimum Gasteiger partial charge on any atom is -0.369 e. The lowest BCUT2D eigenvalue weighted by molar-refractivity contribution is -0.117. The number of amides is 1. The maximum Gasteiger partial charge on any atom is 0.221 e. The van der Waals surface area contributed by atoms with Crippen LogP contribution in [0, 0.1) is 11.3 Å². The lowest BCUT2D eigenvalue weighted by Gasteiger charge is -1.92. The summed E-state index contributed by atoms with van der Waals surface area (Å²) in [7, 11) is 0. The zero-order valence-corrected chi connectivity index (χ0v) is 7.60. The van der Waals surface area contributed by atoms with E-state index in [9.17, 15) is 4.79 Å². The van der Waals surface area contributed by atoms with Gasteiger partial charge in [-0.2, -0.15) is 5.26 Å². The van der Waals surface area contributed by atoms with Crippen LogP contribution in [-0.4, -0.2) is 5.91 Å². The number of carbonyl (C=O) groups is 1. The predicted molar refractivity (Wildman–Crippen MR) is 54.0 cm³/mol. The summed E-state index contributed by atoms with van der Waals surface area (Å²) < 4.78 is 0. The molecule has 0 radical (unpaired) electrons. The standard InChI is InChI=1S/C11H10N2O/c12-8-10-6-4-9(5-7-10)2-1-3-11(13)14/h1-2,4-7H,3H2,(H2,13,14)/b2-1+. The zero-order chi connectivity index (χ0) is 10.4. The molecule has 1 aromatic rings. The maximum atomic E-state index is 10.4. The molecular formula is C11H10N2O. The molecule has 0 saturated heterocycles. The van der Waals surface area contributed by atoms with Crippen molar-refractivity contribution in [2.45, 2.75) is 6.42 Å². The third-order valence-electron chi connectivity index (χ3n) is 1.67. The molecule has 0 bridgehead atoms. The number of hydrogen-bond donors (Lipinski definition) is 1. The van der Waals surface area contributed by atoms with Gasteiger partial charge in [0.2, 0.25) is 5.91 Å². The number of carbonyl (C=O) groups excluding carboxylic acids is 1. The molecule has 0 saturated carbocycles. The first kappa shape index (κ1) is 10.0. The molecule has 0 aliphatic carbocycles. The lowest BCUT2D eigenvalue weighted by atomic mass is 10.1. The monoisotopic (exact) mass is 186 g/mol. The highest BCUT2D eigenvalue weighted by Gasteiger charge is 1.90. The molecule has 0 aliphatic heterocycles. The number of nitrogens with two attached hydrogens (primary N) is 1. The van der Waals surface area contributed by atoms with Gasteiger partial charge in [0.05, 0.1) is 11.6 Å². The molecule has 0 unspecified atom stereocenters. The van der Waals surface area contributed by atoms with Crippen molar-refractivity contribution < 1.29 is 4.79 Å². The SMILES string of the molecule is N#Cc1ccc(/C=C/CC(N)=O)cc1. The van der Waals surface area contributed by atoms with E-state index < -0.39 is 0 Å². The van der Waals surface area contributed by atoms with E-state index in [2.05, 4.69) is 0 Å². The Morgan fingerprint density at radius 2 is 2.07 bits per heavy atom. The van der Waals surface area contributed by atoms with E-state index in [1.807, 2.05) is 18.2 Å². The van der Waals surface area contributed by atoms with E-state index in [-0.39, 0.29) is 12.3 Å². The van der Waals surface area contributed by atoms with Crippen molar-refractivity contribution in [1.82, 2.24) is 0 Å². The van der Waals surface area contributed by atoms with E-state index in [1.165, 1.54) is 0 Å². The van der Waals surface area contributed by atoms with Crippen molar-refractivity contribution in [2.75, 3.05) is 0 Å². The third kappa shape index (κ3) is 3.11. The van der Waals surface area contributed by atoms with Gasteiger partial charge in [0.15, 0.2) is 0 Å². The molecular weight excluding hydrogens is 176 g/mol. The van der Waals surface area contributed by atoms with E-state index in [1.54, 1.807) is 24.3 Å². The number of primary amides is 1. The number of nitriles is 1. The second kappa shape index (κ2) is 4.83. The van der Waals surface area contributed by atoms with Crippen LogP contribution in [0.25, 0.3) is 6.08 Å². The molecule has 2 N–H and O–H groups in total. The van der Waals surface area contributed by atoms with Crippen molar-refractivity contribution >= 4 is 12.0 Å². The minimum absolute atomic E-state index is 0.236. The highest BCUT2D eigenvalue weighted by Crippen LogP contribution is 2.05. The highest BCUT2D eigenvalue weighted by atomic mass is 16.1. The Kier molecular flexibility index (Phi) is 3.45. The fraction of sp³-hybridized carbons (Fsp3) is 0.0909. The summed E-state index contributed by atoms with van der Waals surface area (Å²) >= 11 is 0. The average Bonchev–Trinajstić information content (AvgIpc) is 2.18. The summed E-state index contributed by atoms with van der Waals surface area (Å²) in [4.78, 5) is 10.4. The first-order chi connectivity index (χ1) is 6.72. The van der Waals surface area contributed by atoms with Gasteiger partial charge in [0.1, 0.15) is 0 Å². The van der Waals surface area contributed by atoms with E-state index >= 15 is 0 Å². The zero-order valence-electron chi connectivity index (χ0n) is 7.60. The molecule has 0 spiro atoms. The number of rotatable bonds is 3. The van der Waals surface area contributed by atoms with Gasteiger partial charge in [0, 0.05) is 6.42 Å². The average molecular weight is 186 g/mol. The third-order valence-corrected chi connectivity index (χ3v) is 1.67. The molecule has 14 heavy (non-hydrogen) atoms. The van der Waals surface area contributed by atoms with Gasteiger partial charge in [-0.25, -0.2) is 0 Å². The molecule has 1 aromatic carbocycles. The predicted octanol–water partition coefficient (Wildman–Crippen LogP) is 1.45. The van der Waals surface area contributed by atoms with Crippen molar-refractivity contribution in [3.8, 4) is 6.07 Å². The molecule has 70 valence electrons. The fourth-order valence-corrected chi connectivity index (χ4v) is 0.980. The van der Waals surface area contributed by atoms with Gasteiger partial charge in [0.25, 0.3) is 0 Å². The second-order valence-electron chi connectivity index (χ2n) is 2.81. The van der Waals surface area contributed by atoms with Crippen LogP contribution in [0.3, 0.4) is 0 Å². The largest absolute Gasteiger partial charge is 0.369 e. The molecule has 1 amide bonds. The Morgan fingerprint density at radius 1 is 1.43 bits per heavy atom. The Hall–Kier alpha value is -2.08. The van der Waals surface area contributed by atoms with Crippen molar-refractivity contribution in [2.24, 2.45) is 5.73 Å². The van der Waals surface area contributed by atoms with Crippen molar-refractivity contribution in [3.63, 3.8) is 0 Å². The molecule has 1 rings (SSSR count). The quantitative estimate of drug-likeness (QED) is 0.776. The topological polar surface area (TPSA) is 66.9 Å². The van der Waals surface area contributed by atoms with E-state index in [0.717, 1.165) is 5.56 Å². The van der Waals surface area contributed by atoms with Crippen molar-refractivity contribution in [3.05, 3.63) is 41.5 Å². The molecule has 0 atom stereocenters. The number of nitrogens with zero attached hydrogens (tertiary/aromatic N) is 1. The molecule has 0 fully saturated rings. The summed E-state index contributed by atoms with van der Waals surface area (Å²) in [5.74, 6) is -0.352. The first-order valence-electron chi connectivity index (χ1n) is 4.17. The van der Waals surface area contributed by atoms with Crippen molar-refractivity contribution in [1.29, 1.82) is 5.26 Å². The van der Waals surface area contributed by atoms with Crippen LogP contribution in [0.1, 0.15) is 17.5 Å². The molecule has 0 aromatic heterocycles. The Balaban J connectivity index is 2.65. The van der Waals surface area contributed by atoms with Crippen LogP contribution in [0.2, 0.25) is 0 Å². The van der Waals surface area contributed by atoms with Gasteiger partial charge >= 0.3 is 0 Å². The van der Waals surface area contributed by atoms with Crippen LogP contribution in [-0.2, 0) is 4.79 Å². The smallest absolute Gasteiger partial charge is 0.221 e. The Bertz CT molecular complexity index is 385. The van der Waals surface area contributed by atoms with Crippen LogP contribution in [0.5, 0.6) is 0 Å². The molecule has 0 aliphatic rings. The normalized spacial score (nSPS) is 9.93. The minimum atomic E-state index is -0.352. The summed E-state index contributed by atoms with van der Waals surface area (Å²) in [5, 5.41) is 8.55. The second-order valence-corrected chi connectivity index (χ2v) is 2.81. The van der Waals surface area contributed by atoms with E-state index in [4.69, 9.17) is 11.0 Å². The van der Waals surface area contributed by atoms with E-state index in [0.29, 0.717) is 5.56 Å². The van der Waals surface area contributed by atoms with Crippen LogP contribution >= 0.6 is 0 Å². The summed E-state index contributed by atoms with van der Waals surface area (Å²) in [6.07, 6.45) is 3.73. The first-order valence-corrected chi connectivity index (χ1v) is 4.17. The number of hydrogen-bond acceptors (Lipinski definition) is 2. The van der Waals surface area contributed by atoms with Gasteiger partial charge < -0.3 is 5.73 Å². The molecule has 0 heterocycles. The summed E-state index contributed by atoms with van der Waals surface area (Å²) in [6.45, 7) is 0. The molecule has 3 heteroatoms. The van der Waals surface area contributed by atoms with Crippen LogP contribution in [0.4, 0.5) is 0 Å². The highest BCUT2D eigenvalue weighted by molar-refractivity contribution is 5.76. The summed E-state index contributed by atoms with van der Waals surface area (Å²) in [5.41, 5.74) is 6.54. The summed E-state index contributed by atoms with van der Waals surface area (Å²) in [6, 6.07) is 9.11. The Morgan fingerprint density at radius 3 is 2.57 bits per heavy atom. The fourth-order valence-electron chi connectivity index (χ4n) is 0.980. The Labute approximate surface area is 82.5 Å².